The van der Waals surface area contributed by atoms with E-state index in [9.17, 15) is 0 Å². The zero-order valence-corrected chi connectivity index (χ0v) is 13.2. The van der Waals surface area contributed by atoms with E-state index in [2.05, 4.69) is 48.1 Å². The quantitative estimate of drug-likeness (QED) is 0.880. The lowest BCUT2D eigenvalue weighted by Crippen LogP contribution is -2.56. The molecule has 5 heteroatoms. The summed E-state index contributed by atoms with van der Waals surface area (Å²) >= 11 is 1.64. The van der Waals surface area contributed by atoms with E-state index in [-0.39, 0.29) is 0 Å². The molecule has 0 amide bonds. The second-order valence-corrected chi connectivity index (χ2v) is 6.91. The summed E-state index contributed by atoms with van der Waals surface area (Å²) < 4.78 is 1.16. The fourth-order valence-corrected chi connectivity index (χ4v) is 3.83. The first-order valence-corrected chi connectivity index (χ1v) is 7.92. The van der Waals surface area contributed by atoms with E-state index in [1.54, 1.807) is 11.3 Å². The molecular weight excluding hydrogens is 268 g/mol. The third kappa shape index (κ3) is 2.05. The lowest BCUT2D eigenvalue weighted by Gasteiger charge is -2.49. The van der Waals surface area contributed by atoms with Crippen LogP contribution in [0.3, 0.4) is 0 Å². The van der Waals surface area contributed by atoms with Crippen LogP contribution in [0.1, 0.15) is 19.3 Å². The van der Waals surface area contributed by atoms with Crippen molar-refractivity contribution in [2.75, 3.05) is 38.3 Å². The number of nitrogens with two attached hydrogens (primary N) is 1. The minimum atomic E-state index is 0.304. The summed E-state index contributed by atoms with van der Waals surface area (Å²) in [5, 5.41) is 0. The van der Waals surface area contributed by atoms with Crippen LogP contribution < -0.4 is 10.6 Å². The fraction of sp³-hybridized carbons (Fsp3) is 0.533. The highest BCUT2D eigenvalue weighted by Gasteiger charge is 2.40. The SMILES string of the molecule is CN(CC1(N(C)C)CCC1)c1ccc2scnc2c1N. The van der Waals surface area contributed by atoms with E-state index < -0.39 is 0 Å². The molecule has 0 unspecified atom stereocenters. The van der Waals surface area contributed by atoms with Crippen LogP contribution in [-0.2, 0) is 0 Å². The molecule has 0 saturated heterocycles. The van der Waals surface area contributed by atoms with Crippen LogP contribution in [0.4, 0.5) is 11.4 Å². The summed E-state index contributed by atoms with van der Waals surface area (Å²) in [7, 11) is 6.49. The molecule has 2 N–H and O–H groups in total. The molecule has 108 valence electrons. The molecule has 0 bridgehead atoms. The van der Waals surface area contributed by atoms with Crippen LogP contribution in [0.15, 0.2) is 17.6 Å². The molecule has 0 atom stereocenters. The van der Waals surface area contributed by atoms with Crippen molar-refractivity contribution in [2.24, 2.45) is 0 Å². The van der Waals surface area contributed by atoms with E-state index in [4.69, 9.17) is 5.73 Å². The van der Waals surface area contributed by atoms with Gasteiger partial charge in [-0.2, -0.15) is 0 Å². The number of anilines is 2. The Balaban J connectivity index is 1.88. The maximum atomic E-state index is 6.31. The molecule has 1 aromatic carbocycles. The molecular formula is C15H22N4S. The van der Waals surface area contributed by atoms with Crippen molar-refractivity contribution < 1.29 is 0 Å². The van der Waals surface area contributed by atoms with E-state index in [0.717, 1.165) is 28.1 Å². The summed E-state index contributed by atoms with van der Waals surface area (Å²) in [6.45, 7) is 1.01. The van der Waals surface area contributed by atoms with E-state index in [0.29, 0.717) is 5.54 Å². The average molecular weight is 290 g/mol. The number of thiazole rings is 1. The summed E-state index contributed by atoms with van der Waals surface area (Å²) in [5.41, 5.74) is 11.3. The van der Waals surface area contributed by atoms with Crippen LogP contribution >= 0.6 is 11.3 Å². The summed E-state index contributed by atoms with van der Waals surface area (Å²) in [4.78, 5) is 9.03. The van der Waals surface area contributed by atoms with Crippen molar-refractivity contribution in [1.29, 1.82) is 0 Å². The molecule has 2 aromatic rings. The van der Waals surface area contributed by atoms with Gasteiger partial charge in [0, 0.05) is 19.1 Å². The monoisotopic (exact) mass is 290 g/mol. The number of likely N-dealkylation sites (N-methyl/N-ethyl adjacent to an activating group) is 2. The van der Waals surface area contributed by atoms with E-state index in [1.165, 1.54) is 19.3 Å². The van der Waals surface area contributed by atoms with Crippen LogP contribution in [0, 0.1) is 0 Å². The summed E-state index contributed by atoms with van der Waals surface area (Å²) in [6, 6.07) is 4.25. The van der Waals surface area contributed by atoms with Crippen molar-refractivity contribution in [3.05, 3.63) is 17.6 Å². The second-order valence-electron chi connectivity index (χ2n) is 6.03. The Bertz CT molecular complexity index is 615. The third-order valence-corrected chi connectivity index (χ3v) is 5.49. The largest absolute Gasteiger partial charge is 0.395 e. The van der Waals surface area contributed by atoms with Crippen molar-refractivity contribution in [2.45, 2.75) is 24.8 Å². The molecule has 1 aromatic heterocycles. The Morgan fingerprint density at radius 3 is 2.65 bits per heavy atom. The summed E-state index contributed by atoms with van der Waals surface area (Å²) in [6.07, 6.45) is 3.86. The number of nitrogens with zero attached hydrogens (tertiary/aromatic N) is 3. The van der Waals surface area contributed by atoms with Gasteiger partial charge in [-0.3, -0.25) is 0 Å². The fourth-order valence-electron chi connectivity index (χ4n) is 3.13. The summed E-state index contributed by atoms with van der Waals surface area (Å²) in [5.74, 6) is 0. The van der Waals surface area contributed by atoms with Crippen LogP contribution in [0.25, 0.3) is 10.2 Å². The minimum Gasteiger partial charge on any atom is -0.395 e. The van der Waals surface area contributed by atoms with E-state index in [1.807, 2.05) is 5.51 Å². The van der Waals surface area contributed by atoms with Crippen LogP contribution in [0.5, 0.6) is 0 Å². The lowest BCUT2D eigenvalue weighted by atomic mass is 9.75. The maximum Gasteiger partial charge on any atom is 0.106 e. The highest BCUT2D eigenvalue weighted by Crippen LogP contribution is 2.39. The second kappa shape index (κ2) is 4.90. The maximum absolute atomic E-state index is 6.31. The zero-order valence-electron chi connectivity index (χ0n) is 12.4. The molecule has 3 rings (SSSR count). The predicted molar refractivity (Wildman–Crippen MR) is 87.6 cm³/mol. The van der Waals surface area contributed by atoms with Gasteiger partial charge < -0.3 is 15.5 Å². The molecule has 0 spiro atoms. The third-order valence-electron chi connectivity index (χ3n) is 4.69. The molecule has 0 radical (unpaired) electrons. The van der Waals surface area contributed by atoms with Crippen molar-refractivity contribution in [1.82, 2.24) is 9.88 Å². The Morgan fingerprint density at radius 1 is 1.30 bits per heavy atom. The number of aromatic nitrogens is 1. The smallest absolute Gasteiger partial charge is 0.106 e. The minimum absolute atomic E-state index is 0.304. The van der Waals surface area contributed by atoms with Gasteiger partial charge in [0.25, 0.3) is 0 Å². The Labute approximate surface area is 124 Å². The number of hydrogen-bond acceptors (Lipinski definition) is 5. The Hall–Kier alpha value is -1.33. The number of fused-ring (bicyclic) bond motifs is 1. The molecule has 1 aliphatic carbocycles. The van der Waals surface area contributed by atoms with Crippen LogP contribution in [-0.4, -0.2) is 43.1 Å². The predicted octanol–water partition coefficient (Wildman–Crippen LogP) is 2.80. The van der Waals surface area contributed by atoms with Gasteiger partial charge in [0.2, 0.25) is 0 Å². The Kier molecular flexibility index (Phi) is 3.34. The average Bonchev–Trinajstić information content (AvgIpc) is 2.82. The molecule has 20 heavy (non-hydrogen) atoms. The molecule has 1 fully saturated rings. The Morgan fingerprint density at radius 2 is 2.05 bits per heavy atom. The molecule has 1 saturated carbocycles. The van der Waals surface area contributed by atoms with Gasteiger partial charge in [-0.05, 0) is 45.5 Å². The molecule has 1 heterocycles. The molecule has 0 aliphatic heterocycles. The van der Waals surface area contributed by atoms with Gasteiger partial charge in [-0.1, -0.05) is 0 Å². The number of rotatable bonds is 4. The number of hydrogen-bond donors (Lipinski definition) is 1. The first-order valence-electron chi connectivity index (χ1n) is 7.04. The highest BCUT2D eigenvalue weighted by atomic mass is 32.1. The topological polar surface area (TPSA) is 45.4 Å². The van der Waals surface area contributed by atoms with Gasteiger partial charge in [0.15, 0.2) is 0 Å². The number of benzene rings is 1. The normalized spacial score (nSPS) is 17.4. The van der Waals surface area contributed by atoms with Crippen molar-refractivity contribution in [3.8, 4) is 0 Å². The van der Waals surface area contributed by atoms with Gasteiger partial charge in [0.05, 0.1) is 21.6 Å². The first kappa shape index (κ1) is 13.6. The van der Waals surface area contributed by atoms with Gasteiger partial charge in [0.1, 0.15) is 5.52 Å². The van der Waals surface area contributed by atoms with Crippen molar-refractivity contribution >= 4 is 32.9 Å². The molecule has 1 aliphatic rings. The first-order chi connectivity index (χ1) is 9.53. The van der Waals surface area contributed by atoms with Crippen molar-refractivity contribution in [3.63, 3.8) is 0 Å². The van der Waals surface area contributed by atoms with Gasteiger partial charge >= 0.3 is 0 Å². The number of nitrogen functional groups attached to an aromatic ring is 1. The van der Waals surface area contributed by atoms with Crippen LogP contribution in [0.2, 0.25) is 0 Å². The van der Waals surface area contributed by atoms with Gasteiger partial charge in [-0.15, -0.1) is 11.3 Å². The highest BCUT2D eigenvalue weighted by molar-refractivity contribution is 7.16. The zero-order chi connectivity index (χ0) is 14.3. The van der Waals surface area contributed by atoms with E-state index >= 15 is 0 Å². The lowest BCUT2D eigenvalue weighted by molar-refractivity contribution is 0.0683. The molecule has 4 nitrogen and oxygen atoms in total. The van der Waals surface area contributed by atoms with Gasteiger partial charge in [-0.25, -0.2) is 4.98 Å². The standard InChI is InChI=1S/C15H22N4S/c1-18(2)15(7-4-8-15)9-19(3)11-5-6-12-14(13(11)16)17-10-20-12/h5-6,10H,4,7-9,16H2,1-3H3.